The van der Waals surface area contributed by atoms with Gasteiger partial charge < -0.3 is 14.2 Å². The number of rotatable bonds is 4. The van der Waals surface area contributed by atoms with Crippen LogP contribution in [-0.4, -0.2) is 60.8 Å². The quantitative estimate of drug-likeness (QED) is 0.442. The van der Waals surface area contributed by atoms with E-state index < -0.39 is 23.3 Å². The summed E-state index contributed by atoms with van der Waals surface area (Å²) in [7, 11) is 1.63. The fourth-order valence-electron chi connectivity index (χ4n) is 3.73. The first-order valence-corrected chi connectivity index (χ1v) is 12.6. The van der Waals surface area contributed by atoms with E-state index in [0.717, 1.165) is 39.5 Å². The number of carbonyl (C=O) groups excluding carboxylic acids is 2. The van der Waals surface area contributed by atoms with Crippen molar-refractivity contribution in [3.63, 3.8) is 0 Å². The molecule has 0 fully saturated rings. The van der Waals surface area contributed by atoms with Crippen LogP contribution >= 0.6 is 11.8 Å². The summed E-state index contributed by atoms with van der Waals surface area (Å²) < 4.78 is 18.0. The van der Waals surface area contributed by atoms with Crippen molar-refractivity contribution in [2.45, 2.75) is 70.7 Å². The van der Waals surface area contributed by atoms with Gasteiger partial charge in [-0.1, -0.05) is 12.1 Å². The Morgan fingerprint density at radius 1 is 1.06 bits per heavy atom. The molecule has 1 aromatic carbocycles. The molecular formula is C25H31N5O5S. The Bertz CT molecular complexity index is 1290. The van der Waals surface area contributed by atoms with E-state index in [1.807, 2.05) is 24.3 Å². The van der Waals surface area contributed by atoms with Gasteiger partial charge in [-0.25, -0.2) is 19.2 Å². The highest BCUT2D eigenvalue weighted by molar-refractivity contribution is 7.99. The second kappa shape index (κ2) is 9.61. The van der Waals surface area contributed by atoms with Crippen molar-refractivity contribution in [1.29, 1.82) is 0 Å². The third-order valence-corrected chi connectivity index (χ3v) is 6.26. The lowest BCUT2D eigenvalue weighted by Crippen LogP contribution is -2.52. The average molecular weight is 514 g/mol. The molecule has 0 N–H and O–H groups in total. The second-order valence-electron chi connectivity index (χ2n) is 10.4. The van der Waals surface area contributed by atoms with E-state index in [1.165, 1.54) is 0 Å². The smallest absolute Gasteiger partial charge is 0.427 e. The third kappa shape index (κ3) is 5.56. The third-order valence-electron chi connectivity index (χ3n) is 5.29. The fraction of sp³-hybridized carbons (Fsp3) is 0.480. The zero-order valence-corrected chi connectivity index (χ0v) is 22.4. The van der Waals surface area contributed by atoms with Crippen molar-refractivity contribution in [2.75, 3.05) is 12.9 Å². The lowest BCUT2D eigenvalue weighted by Gasteiger charge is -2.33. The molecule has 2 amide bonds. The van der Waals surface area contributed by atoms with Gasteiger partial charge in [0.15, 0.2) is 5.65 Å². The molecule has 0 aliphatic carbocycles. The molecule has 11 heteroatoms. The number of hydrogen-bond acceptors (Lipinski definition) is 9. The van der Waals surface area contributed by atoms with E-state index in [1.54, 1.807) is 65.1 Å². The van der Waals surface area contributed by atoms with Crippen LogP contribution in [0.15, 0.2) is 29.3 Å². The Hall–Kier alpha value is -3.34. The highest BCUT2D eigenvalue weighted by Gasteiger charge is 2.38. The number of hydrogen-bond donors (Lipinski definition) is 0. The first kappa shape index (κ1) is 25.7. The number of methoxy groups -OCH3 is 1. The minimum Gasteiger partial charge on any atom is -0.497 e. The highest BCUT2D eigenvalue weighted by Crippen LogP contribution is 2.35. The van der Waals surface area contributed by atoms with Crippen LogP contribution in [0.25, 0.3) is 11.0 Å². The number of amides is 2. The van der Waals surface area contributed by atoms with Crippen molar-refractivity contribution in [2.24, 2.45) is 0 Å². The van der Waals surface area contributed by atoms with Crippen LogP contribution in [0.2, 0.25) is 0 Å². The molecule has 0 unspecified atom stereocenters. The summed E-state index contributed by atoms with van der Waals surface area (Å²) in [6, 6.07) is 7.57. The van der Waals surface area contributed by atoms with Crippen LogP contribution in [0.5, 0.6) is 11.8 Å². The summed E-state index contributed by atoms with van der Waals surface area (Å²) >= 11 is 1.56. The molecule has 0 bridgehead atoms. The van der Waals surface area contributed by atoms with E-state index in [-0.39, 0.29) is 6.01 Å². The molecule has 1 aliphatic heterocycles. The molecule has 0 spiro atoms. The van der Waals surface area contributed by atoms with E-state index in [9.17, 15) is 9.59 Å². The number of carbonyl (C=O) groups is 2. The van der Waals surface area contributed by atoms with Crippen LogP contribution in [0, 0.1) is 0 Å². The molecule has 10 nitrogen and oxygen atoms in total. The van der Waals surface area contributed by atoms with Gasteiger partial charge in [0.1, 0.15) is 16.4 Å². The van der Waals surface area contributed by atoms with Crippen LogP contribution in [0.3, 0.4) is 0 Å². The van der Waals surface area contributed by atoms with E-state index in [4.69, 9.17) is 19.3 Å². The zero-order valence-electron chi connectivity index (χ0n) is 21.6. The average Bonchev–Trinajstić information content (AvgIpc) is 3.10. The van der Waals surface area contributed by atoms with E-state index in [2.05, 4.69) is 9.97 Å². The molecular weight excluding hydrogens is 482 g/mol. The van der Waals surface area contributed by atoms with Gasteiger partial charge in [-0.05, 0) is 59.2 Å². The van der Waals surface area contributed by atoms with Crippen LogP contribution in [-0.2, 0) is 17.7 Å². The maximum atomic E-state index is 13.2. The lowest BCUT2D eigenvalue weighted by molar-refractivity contribution is 0.0115. The van der Waals surface area contributed by atoms with Gasteiger partial charge in [0.05, 0.1) is 24.7 Å². The van der Waals surface area contributed by atoms with E-state index >= 15 is 0 Å². The maximum absolute atomic E-state index is 13.2. The minimum absolute atomic E-state index is 0.142. The first-order valence-electron chi connectivity index (χ1n) is 11.6. The van der Waals surface area contributed by atoms with Crippen molar-refractivity contribution in [1.82, 2.24) is 24.6 Å². The number of nitrogens with zero attached hydrogens (tertiary/aromatic N) is 5. The number of thioether (sulfide) groups is 1. The number of aromatic nitrogens is 4. The van der Waals surface area contributed by atoms with E-state index in [0.29, 0.717) is 17.2 Å². The van der Waals surface area contributed by atoms with Crippen LogP contribution < -0.4 is 9.47 Å². The molecule has 1 aliphatic rings. The van der Waals surface area contributed by atoms with Crippen molar-refractivity contribution >= 4 is 35.0 Å². The summed E-state index contributed by atoms with van der Waals surface area (Å²) in [5, 5.41) is 6.32. The summed E-state index contributed by atoms with van der Waals surface area (Å²) in [5.41, 5.74) is 0.828. The highest BCUT2D eigenvalue weighted by atomic mass is 32.2. The monoisotopic (exact) mass is 513 g/mol. The summed E-state index contributed by atoms with van der Waals surface area (Å²) in [6.45, 7) is 10.8. The molecule has 4 rings (SSSR count). The number of ether oxygens (including phenoxy) is 3. The van der Waals surface area contributed by atoms with Crippen LogP contribution in [0.1, 0.15) is 52.8 Å². The minimum atomic E-state index is -0.912. The zero-order chi connectivity index (χ0) is 26.3. The molecule has 36 heavy (non-hydrogen) atoms. The Balaban J connectivity index is 1.67. The topological polar surface area (TPSA) is 109 Å². The van der Waals surface area contributed by atoms with Crippen molar-refractivity contribution < 1.29 is 23.8 Å². The van der Waals surface area contributed by atoms with Crippen molar-refractivity contribution in [3.05, 3.63) is 35.5 Å². The summed E-state index contributed by atoms with van der Waals surface area (Å²) in [5.74, 6) is 1.57. The number of benzene rings is 1. The SMILES string of the molecule is COc1ccc(Cn2nc3c4c(nc(OC(=O)N(C(=O)OC(C)(C)C)C(C)(C)C)nc42)SCC3)cc1. The Kier molecular flexibility index (Phi) is 6.87. The molecule has 192 valence electrons. The summed E-state index contributed by atoms with van der Waals surface area (Å²) in [4.78, 5) is 35.9. The van der Waals surface area contributed by atoms with Crippen LogP contribution in [0.4, 0.5) is 9.59 Å². The standard InChI is InChI=1S/C25H31N5O5S/c1-24(2,3)30(23(32)35-25(4,5)6)22(31)34-21-26-19-18-17(12-13-36-20(18)27-21)28-29(19)14-15-8-10-16(33-7)11-9-15/h8-11H,12-14H2,1-7H3. The first-order chi connectivity index (χ1) is 16.9. The molecule has 3 heterocycles. The number of imide groups is 1. The predicted octanol–water partition coefficient (Wildman–Crippen LogP) is 5.07. The Morgan fingerprint density at radius 2 is 1.75 bits per heavy atom. The van der Waals surface area contributed by atoms with Gasteiger partial charge in [-0.3, -0.25) is 0 Å². The molecule has 0 saturated heterocycles. The summed E-state index contributed by atoms with van der Waals surface area (Å²) in [6.07, 6.45) is -0.919. The van der Waals surface area contributed by atoms with Gasteiger partial charge in [0, 0.05) is 17.7 Å². The van der Waals surface area contributed by atoms with Crippen molar-refractivity contribution in [3.8, 4) is 11.8 Å². The Morgan fingerprint density at radius 3 is 2.36 bits per heavy atom. The van der Waals surface area contributed by atoms with Gasteiger partial charge in [-0.15, -0.1) is 11.8 Å². The number of aryl methyl sites for hydroxylation is 1. The molecule has 0 atom stereocenters. The predicted molar refractivity (Wildman–Crippen MR) is 136 cm³/mol. The molecule has 0 radical (unpaired) electrons. The van der Waals surface area contributed by atoms with Gasteiger partial charge in [-0.2, -0.15) is 15.1 Å². The normalized spacial score (nSPS) is 13.4. The molecule has 0 saturated carbocycles. The lowest BCUT2D eigenvalue weighted by atomic mass is 10.1. The largest absolute Gasteiger partial charge is 0.497 e. The Labute approximate surface area is 214 Å². The van der Waals surface area contributed by atoms with Gasteiger partial charge >= 0.3 is 18.2 Å². The molecule has 3 aromatic rings. The van der Waals surface area contributed by atoms with Gasteiger partial charge in [0.25, 0.3) is 0 Å². The van der Waals surface area contributed by atoms with Gasteiger partial charge in [0.2, 0.25) is 0 Å². The molecule has 2 aromatic heterocycles. The fourth-order valence-corrected chi connectivity index (χ4v) is 4.71. The maximum Gasteiger partial charge on any atom is 0.427 e. The second-order valence-corrected chi connectivity index (χ2v) is 11.5.